The number of pyridine rings is 1. The summed E-state index contributed by atoms with van der Waals surface area (Å²) in [5.41, 5.74) is 1.80. The van der Waals surface area contributed by atoms with E-state index in [1.54, 1.807) is 22.6 Å². The van der Waals surface area contributed by atoms with Gasteiger partial charge in [-0.3, -0.25) is 9.88 Å². The highest BCUT2D eigenvalue weighted by molar-refractivity contribution is 7.89. The first-order valence-corrected chi connectivity index (χ1v) is 10.2. The van der Waals surface area contributed by atoms with Gasteiger partial charge in [0.15, 0.2) is 0 Å². The van der Waals surface area contributed by atoms with Crippen molar-refractivity contribution in [3.05, 3.63) is 72.4 Å². The molecule has 4 rings (SSSR count). The fourth-order valence-corrected chi connectivity index (χ4v) is 4.98. The van der Waals surface area contributed by atoms with E-state index in [1.165, 1.54) is 5.56 Å². The van der Waals surface area contributed by atoms with Crippen LogP contribution in [0.25, 0.3) is 10.9 Å². The Balaban J connectivity index is 1.51. The van der Waals surface area contributed by atoms with Gasteiger partial charge in [-0.05, 0) is 17.7 Å². The molecule has 1 aromatic heterocycles. The summed E-state index contributed by atoms with van der Waals surface area (Å²) in [4.78, 5) is 6.89. The zero-order valence-electron chi connectivity index (χ0n) is 14.5. The van der Waals surface area contributed by atoms with Crippen molar-refractivity contribution in [1.82, 2.24) is 14.2 Å². The van der Waals surface area contributed by atoms with Crippen LogP contribution in [0.1, 0.15) is 5.56 Å². The number of sulfonamides is 1. The molecule has 0 amide bonds. The van der Waals surface area contributed by atoms with Crippen molar-refractivity contribution >= 4 is 20.9 Å². The smallest absolute Gasteiger partial charge is 0.245 e. The summed E-state index contributed by atoms with van der Waals surface area (Å²) in [7, 11) is -3.54. The average molecular weight is 367 g/mol. The van der Waals surface area contributed by atoms with Crippen molar-refractivity contribution in [2.24, 2.45) is 0 Å². The molecule has 0 bridgehead atoms. The lowest BCUT2D eigenvalue weighted by atomic mass is 10.2. The minimum Gasteiger partial charge on any atom is -0.296 e. The second-order valence-corrected chi connectivity index (χ2v) is 8.40. The van der Waals surface area contributed by atoms with Crippen LogP contribution in [0.5, 0.6) is 0 Å². The maximum absolute atomic E-state index is 13.1. The standard InChI is InChI=1S/C20H21N3O2S/c24-26(25,19-10-4-8-18-9-5-11-21-20(18)19)23-14-12-22(13-15-23)16-17-6-2-1-3-7-17/h1-11H,12-16H2. The van der Waals surface area contributed by atoms with Crippen LogP contribution in [0.3, 0.4) is 0 Å². The van der Waals surface area contributed by atoms with Crippen molar-refractivity contribution in [3.8, 4) is 0 Å². The molecule has 0 aliphatic carbocycles. The summed E-state index contributed by atoms with van der Waals surface area (Å²) >= 11 is 0. The second kappa shape index (κ2) is 7.15. The van der Waals surface area contributed by atoms with Crippen molar-refractivity contribution in [3.63, 3.8) is 0 Å². The quantitative estimate of drug-likeness (QED) is 0.712. The summed E-state index contributed by atoms with van der Waals surface area (Å²) < 4.78 is 27.8. The van der Waals surface area contributed by atoms with E-state index < -0.39 is 10.0 Å². The predicted octanol–water partition coefficient (Wildman–Crippen LogP) is 2.74. The van der Waals surface area contributed by atoms with Crippen LogP contribution in [-0.4, -0.2) is 48.8 Å². The SMILES string of the molecule is O=S(=O)(c1cccc2cccnc12)N1CCN(Cc2ccccc2)CC1. The van der Waals surface area contributed by atoms with Crippen LogP contribution in [0, 0.1) is 0 Å². The van der Waals surface area contributed by atoms with Gasteiger partial charge in [-0.15, -0.1) is 0 Å². The highest BCUT2D eigenvalue weighted by atomic mass is 32.2. The predicted molar refractivity (Wildman–Crippen MR) is 102 cm³/mol. The first-order chi connectivity index (χ1) is 12.6. The lowest BCUT2D eigenvalue weighted by molar-refractivity contribution is 0.181. The lowest BCUT2D eigenvalue weighted by Gasteiger charge is -2.34. The molecule has 2 aromatic carbocycles. The summed E-state index contributed by atoms with van der Waals surface area (Å²) in [6.07, 6.45) is 1.64. The minimum atomic E-state index is -3.54. The fourth-order valence-electron chi connectivity index (χ4n) is 3.39. The molecule has 0 radical (unpaired) electrons. The number of para-hydroxylation sites is 1. The molecule has 6 heteroatoms. The highest BCUT2D eigenvalue weighted by Gasteiger charge is 2.30. The second-order valence-electron chi connectivity index (χ2n) is 6.50. The molecule has 3 aromatic rings. The highest BCUT2D eigenvalue weighted by Crippen LogP contribution is 2.25. The van der Waals surface area contributed by atoms with Crippen molar-refractivity contribution in [2.45, 2.75) is 11.4 Å². The van der Waals surface area contributed by atoms with E-state index in [9.17, 15) is 8.42 Å². The van der Waals surface area contributed by atoms with Gasteiger partial charge in [-0.25, -0.2) is 8.42 Å². The molecule has 0 atom stereocenters. The van der Waals surface area contributed by atoms with Crippen molar-refractivity contribution in [1.29, 1.82) is 0 Å². The van der Waals surface area contributed by atoms with Crippen LogP contribution < -0.4 is 0 Å². The largest absolute Gasteiger partial charge is 0.296 e. The Kier molecular flexibility index (Phi) is 4.72. The van der Waals surface area contributed by atoms with E-state index in [-0.39, 0.29) is 0 Å². The third kappa shape index (κ3) is 3.35. The molecule has 5 nitrogen and oxygen atoms in total. The summed E-state index contributed by atoms with van der Waals surface area (Å²) in [5, 5.41) is 0.844. The normalized spacial score (nSPS) is 16.8. The molecular formula is C20H21N3O2S. The van der Waals surface area contributed by atoms with E-state index >= 15 is 0 Å². The molecule has 26 heavy (non-hydrogen) atoms. The Bertz CT molecular complexity index is 993. The third-order valence-corrected chi connectivity index (χ3v) is 6.72. The number of aromatic nitrogens is 1. The van der Waals surface area contributed by atoms with Gasteiger partial charge in [-0.1, -0.05) is 48.5 Å². The van der Waals surface area contributed by atoms with Gasteiger partial charge in [0.1, 0.15) is 4.90 Å². The van der Waals surface area contributed by atoms with E-state index in [1.807, 2.05) is 36.4 Å². The molecule has 0 unspecified atom stereocenters. The minimum absolute atomic E-state index is 0.298. The van der Waals surface area contributed by atoms with Crippen LogP contribution in [0.15, 0.2) is 71.8 Å². The molecule has 0 saturated carbocycles. The number of hydrogen-bond donors (Lipinski definition) is 0. The van der Waals surface area contributed by atoms with E-state index in [0.717, 1.165) is 25.0 Å². The molecule has 2 heterocycles. The number of rotatable bonds is 4. The number of nitrogens with zero attached hydrogens (tertiary/aromatic N) is 3. The molecule has 134 valence electrons. The van der Waals surface area contributed by atoms with Gasteiger partial charge in [0, 0.05) is 44.3 Å². The van der Waals surface area contributed by atoms with Crippen molar-refractivity contribution < 1.29 is 8.42 Å². The molecule has 1 aliphatic heterocycles. The monoisotopic (exact) mass is 367 g/mol. The maximum Gasteiger partial charge on any atom is 0.245 e. The fraction of sp³-hybridized carbons (Fsp3) is 0.250. The zero-order chi connectivity index (χ0) is 18.0. The number of benzene rings is 2. The number of fused-ring (bicyclic) bond motifs is 1. The van der Waals surface area contributed by atoms with Crippen LogP contribution in [0.4, 0.5) is 0 Å². The molecule has 1 saturated heterocycles. The maximum atomic E-state index is 13.1. The molecule has 0 spiro atoms. The van der Waals surface area contributed by atoms with Gasteiger partial charge >= 0.3 is 0 Å². The summed E-state index contributed by atoms with van der Waals surface area (Å²) in [6, 6.07) is 19.3. The Morgan fingerprint density at radius 1 is 0.846 bits per heavy atom. The third-order valence-electron chi connectivity index (χ3n) is 4.79. The Hall–Kier alpha value is -2.28. The Labute approximate surface area is 153 Å². The Morgan fingerprint density at radius 2 is 1.58 bits per heavy atom. The molecule has 1 fully saturated rings. The van der Waals surface area contributed by atoms with Crippen LogP contribution in [0.2, 0.25) is 0 Å². The zero-order valence-corrected chi connectivity index (χ0v) is 15.3. The summed E-state index contributed by atoms with van der Waals surface area (Å²) in [5.74, 6) is 0. The summed E-state index contributed by atoms with van der Waals surface area (Å²) in [6.45, 7) is 3.31. The van der Waals surface area contributed by atoms with Gasteiger partial charge in [-0.2, -0.15) is 4.31 Å². The number of hydrogen-bond acceptors (Lipinski definition) is 4. The van der Waals surface area contributed by atoms with Crippen LogP contribution >= 0.6 is 0 Å². The van der Waals surface area contributed by atoms with Gasteiger partial charge in [0.2, 0.25) is 10.0 Å². The molecule has 0 N–H and O–H groups in total. The van der Waals surface area contributed by atoms with E-state index in [0.29, 0.717) is 23.5 Å². The molecule has 1 aliphatic rings. The van der Waals surface area contributed by atoms with Gasteiger partial charge in [0.25, 0.3) is 0 Å². The topological polar surface area (TPSA) is 53.5 Å². The Morgan fingerprint density at radius 3 is 2.35 bits per heavy atom. The van der Waals surface area contributed by atoms with Gasteiger partial charge in [0.05, 0.1) is 5.52 Å². The first kappa shape index (κ1) is 17.1. The van der Waals surface area contributed by atoms with Crippen LogP contribution in [-0.2, 0) is 16.6 Å². The van der Waals surface area contributed by atoms with E-state index in [2.05, 4.69) is 22.0 Å². The lowest BCUT2D eigenvalue weighted by Crippen LogP contribution is -2.48. The van der Waals surface area contributed by atoms with E-state index in [4.69, 9.17) is 0 Å². The first-order valence-electron chi connectivity index (χ1n) is 8.75. The average Bonchev–Trinajstić information content (AvgIpc) is 2.69. The van der Waals surface area contributed by atoms with Crippen molar-refractivity contribution in [2.75, 3.05) is 26.2 Å². The number of piperazine rings is 1. The molecular weight excluding hydrogens is 346 g/mol. The van der Waals surface area contributed by atoms with Gasteiger partial charge < -0.3 is 0 Å².